The highest BCUT2D eigenvalue weighted by atomic mass is 15.0. The Morgan fingerprint density at radius 3 is 1.80 bits per heavy atom. The van der Waals surface area contributed by atoms with Gasteiger partial charge in [-0.25, -0.2) is 15.0 Å². The first-order chi connectivity index (χ1) is 20.1. The number of hydrogen-bond acceptors (Lipinski definition) is 4. The summed E-state index contributed by atoms with van der Waals surface area (Å²) in [4.78, 5) is 19.0. The molecule has 6 aromatic rings. The average Bonchev–Trinajstić information content (AvgIpc) is 3.03. The molecule has 6 rings (SSSR count). The molecule has 4 heteroatoms. The summed E-state index contributed by atoms with van der Waals surface area (Å²) in [6, 6.07) is 37.4. The van der Waals surface area contributed by atoms with Gasteiger partial charge in [-0.15, -0.1) is 0 Å². The number of pyridine rings is 1. The highest BCUT2D eigenvalue weighted by Gasteiger charge is 2.13. The normalized spacial score (nSPS) is 11.4. The van der Waals surface area contributed by atoms with Crippen LogP contribution < -0.4 is 0 Å². The maximum atomic E-state index is 4.81. The third kappa shape index (κ3) is 5.36. The van der Waals surface area contributed by atoms with Gasteiger partial charge in [0.2, 0.25) is 0 Å². The first kappa shape index (κ1) is 25.8. The summed E-state index contributed by atoms with van der Waals surface area (Å²) in [5.41, 5.74) is 9.26. The van der Waals surface area contributed by atoms with Crippen LogP contribution in [0.3, 0.4) is 0 Å². The monoisotopic (exact) mass is 528 g/mol. The molecule has 0 aliphatic heterocycles. The van der Waals surface area contributed by atoms with E-state index < -0.39 is 0 Å². The number of nitrogens with zero attached hydrogens (tertiary/aromatic N) is 4. The summed E-state index contributed by atoms with van der Waals surface area (Å²) in [6.45, 7) is 9.77. The molecule has 0 amide bonds. The van der Waals surface area contributed by atoms with Gasteiger partial charge in [-0.2, -0.15) is 0 Å². The fourth-order valence-electron chi connectivity index (χ4n) is 4.87. The van der Waals surface area contributed by atoms with E-state index in [0.717, 1.165) is 44.4 Å². The van der Waals surface area contributed by atoms with E-state index in [2.05, 4.69) is 97.0 Å². The van der Waals surface area contributed by atoms with Crippen LogP contribution in [0.2, 0.25) is 0 Å². The lowest BCUT2D eigenvalue weighted by molar-refractivity contribution is 1.04. The summed E-state index contributed by atoms with van der Waals surface area (Å²) >= 11 is 0. The lowest BCUT2D eigenvalue weighted by atomic mass is 9.97. The minimum Gasteiger partial charge on any atom is -0.253 e. The molecule has 0 aliphatic rings. The maximum absolute atomic E-state index is 4.81. The van der Waals surface area contributed by atoms with Gasteiger partial charge in [0.05, 0.1) is 5.52 Å². The lowest BCUT2D eigenvalue weighted by Crippen LogP contribution is -2.02. The van der Waals surface area contributed by atoms with Crippen LogP contribution in [-0.2, 0) is 0 Å². The number of rotatable bonds is 7. The number of aryl methyl sites for hydroxylation is 1. The molecule has 0 saturated carbocycles. The van der Waals surface area contributed by atoms with E-state index >= 15 is 0 Å². The molecule has 0 unspecified atom stereocenters. The summed E-state index contributed by atoms with van der Waals surface area (Å²) < 4.78 is 0. The molecule has 0 spiro atoms. The van der Waals surface area contributed by atoms with Crippen LogP contribution in [0, 0.1) is 6.92 Å². The quantitative estimate of drug-likeness (QED) is 0.194. The van der Waals surface area contributed by atoms with E-state index in [1.54, 1.807) is 12.2 Å². The fourth-order valence-corrected chi connectivity index (χ4v) is 4.87. The molecule has 0 N–H and O–H groups in total. The fraction of sp³-hybridized carbons (Fsp3) is 0.0270. The minimum absolute atomic E-state index is 0.558. The van der Waals surface area contributed by atoms with E-state index in [0.29, 0.717) is 17.5 Å². The number of fused-ring (bicyclic) bond motifs is 1. The van der Waals surface area contributed by atoms with Gasteiger partial charge in [0.25, 0.3) is 0 Å². The number of hydrogen-bond donors (Lipinski definition) is 0. The smallest absolute Gasteiger partial charge is 0.164 e. The topological polar surface area (TPSA) is 51.6 Å². The van der Waals surface area contributed by atoms with Crippen LogP contribution in [0.15, 0.2) is 141 Å². The minimum atomic E-state index is 0.558. The number of aromatic nitrogens is 4. The van der Waals surface area contributed by atoms with Gasteiger partial charge in [0.15, 0.2) is 17.5 Å². The van der Waals surface area contributed by atoms with Crippen LogP contribution in [0.4, 0.5) is 0 Å². The van der Waals surface area contributed by atoms with Crippen molar-refractivity contribution >= 4 is 16.5 Å². The van der Waals surface area contributed by atoms with Crippen molar-refractivity contribution in [2.24, 2.45) is 0 Å². The predicted octanol–water partition coefficient (Wildman–Crippen LogP) is 9.15. The molecule has 4 nitrogen and oxygen atoms in total. The van der Waals surface area contributed by atoms with Crippen molar-refractivity contribution in [2.45, 2.75) is 6.92 Å². The van der Waals surface area contributed by atoms with Gasteiger partial charge in [-0.3, -0.25) is 4.98 Å². The maximum Gasteiger partial charge on any atom is 0.164 e. The van der Waals surface area contributed by atoms with E-state index in [1.807, 2.05) is 43.3 Å². The van der Waals surface area contributed by atoms with E-state index in [-0.39, 0.29) is 0 Å². The first-order valence-electron chi connectivity index (χ1n) is 13.5. The van der Waals surface area contributed by atoms with Crippen LogP contribution in [0.5, 0.6) is 0 Å². The van der Waals surface area contributed by atoms with Crippen molar-refractivity contribution in [2.75, 3.05) is 0 Å². The summed E-state index contributed by atoms with van der Waals surface area (Å²) in [6.07, 6.45) is 5.29. The molecule has 2 aromatic heterocycles. The van der Waals surface area contributed by atoms with Crippen molar-refractivity contribution in [3.8, 4) is 45.0 Å². The second kappa shape index (κ2) is 11.3. The zero-order chi connectivity index (χ0) is 28.2. The lowest BCUT2D eigenvalue weighted by Gasteiger charge is -2.10. The van der Waals surface area contributed by atoms with Crippen LogP contribution in [0.25, 0.3) is 61.5 Å². The Hall–Kier alpha value is -5.48. The molecule has 2 heterocycles. The van der Waals surface area contributed by atoms with Crippen molar-refractivity contribution in [3.63, 3.8) is 0 Å². The molecule has 0 fully saturated rings. The molecular weight excluding hydrogens is 500 g/mol. The SMILES string of the molecule is C=C/C=C(\C=C)c1nc(-c2ccccc2)nc(-c2ccc(-c3ccc(-c4cccc5nc(C)ccc45)cc3)cc2)n1. The van der Waals surface area contributed by atoms with Gasteiger partial charge in [-0.1, -0.05) is 128 Å². The van der Waals surface area contributed by atoms with Crippen LogP contribution in [-0.4, -0.2) is 19.9 Å². The van der Waals surface area contributed by atoms with Crippen molar-refractivity contribution in [1.29, 1.82) is 0 Å². The van der Waals surface area contributed by atoms with Gasteiger partial charge in [0, 0.05) is 27.8 Å². The molecule has 0 bridgehead atoms. The van der Waals surface area contributed by atoms with E-state index in [1.165, 1.54) is 11.1 Å². The molecule has 0 aliphatic carbocycles. The van der Waals surface area contributed by atoms with Crippen molar-refractivity contribution < 1.29 is 0 Å². The van der Waals surface area contributed by atoms with E-state index in [4.69, 9.17) is 15.0 Å². The molecule has 0 atom stereocenters. The van der Waals surface area contributed by atoms with Crippen molar-refractivity contribution in [1.82, 2.24) is 19.9 Å². The molecule has 0 saturated heterocycles. The Morgan fingerprint density at radius 2 is 1.17 bits per heavy atom. The molecule has 41 heavy (non-hydrogen) atoms. The molecule has 0 radical (unpaired) electrons. The van der Waals surface area contributed by atoms with Crippen LogP contribution in [0.1, 0.15) is 11.5 Å². The third-order valence-electron chi connectivity index (χ3n) is 6.99. The number of benzene rings is 4. The summed E-state index contributed by atoms with van der Waals surface area (Å²) in [5, 5.41) is 1.16. The Bertz CT molecular complexity index is 1900. The second-order valence-corrected chi connectivity index (χ2v) is 9.71. The highest BCUT2D eigenvalue weighted by molar-refractivity contribution is 5.95. The summed E-state index contributed by atoms with van der Waals surface area (Å²) in [5.74, 6) is 1.77. The molecule has 4 aromatic carbocycles. The standard InChI is InChI=1S/C37H28N4/c1-4-10-26(5-2)35-39-36(30-11-7-6-8-12-30)41-37(40-35)31-22-18-28(19-23-31)27-16-20-29(21-17-27)32-13-9-14-34-33(32)24-15-25(3)38-34/h4-24H,1-2H2,3H3/b26-10+. The van der Waals surface area contributed by atoms with Gasteiger partial charge in [-0.05, 0) is 41.3 Å². The molecule has 196 valence electrons. The number of allylic oxidation sites excluding steroid dienone is 4. The largest absolute Gasteiger partial charge is 0.253 e. The average molecular weight is 529 g/mol. The van der Waals surface area contributed by atoms with Gasteiger partial charge in [0.1, 0.15) is 0 Å². The Kier molecular flexibility index (Phi) is 7.12. The Morgan fingerprint density at radius 1 is 0.561 bits per heavy atom. The second-order valence-electron chi connectivity index (χ2n) is 9.71. The Labute approximate surface area is 240 Å². The van der Waals surface area contributed by atoms with Gasteiger partial charge >= 0.3 is 0 Å². The highest BCUT2D eigenvalue weighted by Crippen LogP contribution is 2.31. The zero-order valence-electron chi connectivity index (χ0n) is 22.8. The van der Waals surface area contributed by atoms with Crippen LogP contribution >= 0.6 is 0 Å². The predicted molar refractivity (Wildman–Crippen MR) is 170 cm³/mol. The van der Waals surface area contributed by atoms with Crippen molar-refractivity contribution in [3.05, 3.63) is 152 Å². The van der Waals surface area contributed by atoms with Gasteiger partial charge < -0.3 is 0 Å². The molecular formula is C37H28N4. The zero-order valence-corrected chi connectivity index (χ0v) is 22.8. The third-order valence-corrected chi connectivity index (χ3v) is 6.99. The first-order valence-corrected chi connectivity index (χ1v) is 13.5. The Balaban J connectivity index is 1.33. The van der Waals surface area contributed by atoms with E-state index in [9.17, 15) is 0 Å². The summed E-state index contributed by atoms with van der Waals surface area (Å²) in [7, 11) is 0.